The van der Waals surface area contributed by atoms with Crippen molar-refractivity contribution in [3.8, 4) is 5.75 Å². The fourth-order valence-corrected chi connectivity index (χ4v) is 15.1. The molecule has 1 unspecified atom stereocenters. The normalized spacial score (nSPS) is 35.8. The van der Waals surface area contributed by atoms with Crippen LogP contribution < -0.4 is 9.64 Å². The summed E-state index contributed by atoms with van der Waals surface area (Å²) in [6, 6.07) is 9.22. The minimum absolute atomic E-state index is 0.110. The number of H-pyrrole nitrogens is 1. The van der Waals surface area contributed by atoms with E-state index in [1.807, 2.05) is 31.9 Å². The second-order valence-corrected chi connectivity index (χ2v) is 21.1. The molecule has 1 aliphatic carbocycles. The summed E-state index contributed by atoms with van der Waals surface area (Å²) in [5.74, 6) is -1.58. The highest BCUT2D eigenvalue weighted by Gasteiger charge is 2.80. The van der Waals surface area contributed by atoms with E-state index in [9.17, 15) is 19.8 Å². The van der Waals surface area contributed by atoms with Crippen molar-refractivity contribution in [3.05, 3.63) is 64.9 Å². The zero-order valence-electron chi connectivity index (χ0n) is 37.0. The van der Waals surface area contributed by atoms with Gasteiger partial charge in [-0.25, -0.2) is 4.79 Å². The number of fused-ring (bicyclic) bond motifs is 6. The summed E-state index contributed by atoms with van der Waals surface area (Å²) < 4.78 is 24.1. The quantitative estimate of drug-likeness (QED) is 0.109. The third-order valence-electron chi connectivity index (χ3n) is 15.8. The number of likely N-dealkylation sites (N-methyl/N-ethyl adjacent to an activating group) is 1. The number of aromatic amines is 1. The fourth-order valence-electron chi connectivity index (χ4n) is 13.7. The van der Waals surface area contributed by atoms with E-state index >= 15 is 4.79 Å². The summed E-state index contributed by atoms with van der Waals surface area (Å²) in [5, 5.41) is 26.5. The predicted octanol–water partition coefficient (Wildman–Crippen LogP) is 5.36. The molecule has 6 heterocycles. The molecule has 1 aromatic heterocycles. The van der Waals surface area contributed by atoms with Gasteiger partial charge in [0.15, 0.2) is 6.10 Å². The SMILES string of the molecule is CC[C@]1(O)C[C@H]2CN(CCc3c([nH]c4ccc(SSC)cc34)[C@@](C(=O)OC)(c3cc4c(cc3OC)N(C)[C@H]3[C@@](O)(C(=O)OC)[C@H](OC(C)=O)[C@]5(CC)C=CCN6CC[C@]43[C@@H]65)C2)C1. The molecule has 5 aliphatic heterocycles. The third kappa shape index (κ3) is 5.86. The number of aromatic nitrogens is 1. The van der Waals surface area contributed by atoms with Crippen LogP contribution in [0.2, 0.25) is 0 Å². The first-order valence-corrected chi connectivity index (χ1v) is 24.5. The van der Waals surface area contributed by atoms with Crippen molar-refractivity contribution in [2.75, 3.05) is 72.3 Å². The van der Waals surface area contributed by atoms with Crippen LogP contribution in [0, 0.1) is 11.3 Å². The number of methoxy groups -OCH3 is 3. The molecule has 2 aromatic carbocycles. The fraction of sp³-hybridized carbons (Fsp3) is 0.596. The molecule has 6 aliphatic rings. The molecule has 9 rings (SSSR count). The lowest BCUT2D eigenvalue weighted by molar-refractivity contribution is -0.228. The van der Waals surface area contributed by atoms with Gasteiger partial charge < -0.3 is 39.0 Å². The predicted molar refractivity (Wildman–Crippen MR) is 240 cm³/mol. The van der Waals surface area contributed by atoms with E-state index in [4.69, 9.17) is 18.9 Å². The van der Waals surface area contributed by atoms with Crippen LogP contribution in [0.3, 0.4) is 0 Å². The molecule has 334 valence electrons. The van der Waals surface area contributed by atoms with Crippen molar-refractivity contribution in [1.82, 2.24) is 14.8 Å². The number of piperidine rings is 1. The van der Waals surface area contributed by atoms with Crippen LogP contribution >= 0.6 is 21.6 Å². The van der Waals surface area contributed by atoms with Gasteiger partial charge in [0.25, 0.3) is 0 Å². The average Bonchev–Trinajstić information content (AvgIpc) is 3.92. The maximum atomic E-state index is 15.5. The maximum Gasteiger partial charge on any atom is 0.344 e. The van der Waals surface area contributed by atoms with Gasteiger partial charge in [-0.05, 0) is 92.6 Å². The molecule has 2 bridgehead atoms. The molecule has 3 N–H and O–H groups in total. The summed E-state index contributed by atoms with van der Waals surface area (Å²) in [5.41, 5.74) is -1.68. The zero-order chi connectivity index (χ0) is 44.1. The number of anilines is 1. The van der Waals surface area contributed by atoms with Crippen LogP contribution in [0.1, 0.15) is 75.3 Å². The molecule has 1 saturated carbocycles. The first kappa shape index (κ1) is 43.5. The first-order chi connectivity index (χ1) is 29.7. The number of nitrogens with one attached hydrogen (secondary N) is 1. The third-order valence-corrected chi connectivity index (χ3v) is 17.5. The molecular weight excluding hydrogens is 829 g/mol. The average molecular weight is 889 g/mol. The smallest absolute Gasteiger partial charge is 0.344 e. The topological polar surface area (TPSA) is 154 Å². The molecule has 0 amide bonds. The van der Waals surface area contributed by atoms with E-state index in [1.165, 1.54) is 21.1 Å². The van der Waals surface area contributed by atoms with Gasteiger partial charge >= 0.3 is 17.9 Å². The number of rotatable bonds is 9. The number of esters is 3. The van der Waals surface area contributed by atoms with Crippen molar-refractivity contribution < 1.29 is 43.5 Å². The Labute approximate surface area is 371 Å². The Morgan fingerprint density at radius 1 is 0.968 bits per heavy atom. The number of aliphatic hydroxyl groups is 2. The van der Waals surface area contributed by atoms with Gasteiger partial charge in [0.05, 0.1) is 33.0 Å². The number of carbonyl (C=O) groups excluding carboxylic acids is 3. The lowest BCUT2D eigenvalue weighted by Gasteiger charge is -2.63. The Kier molecular flexibility index (Phi) is 10.9. The van der Waals surface area contributed by atoms with E-state index < -0.39 is 57.5 Å². The van der Waals surface area contributed by atoms with Crippen molar-refractivity contribution in [3.63, 3.8) is 0 Å². The molecule has 3 aromatic rings. The summed E-state index contributed by atoms with van der Waals surface area (Å²) in [7, 11) is 9.54. The standard InChI is InChI=1S/C47H60N4O9S2/c1-9-43(55)23-28-24-46(41(53)58-6,37-30(14-18-50(25-28)26-43)31-20-29(62-61-8)12-13-34(31)48-37)33-21-32-35(22-36(33)57-5)49(4)39-45(32)16-19-51-17-11-15-44(10-2,38(45)51)40(60-27(3)52)47(39,56)42(54)59-7/h11-13,15,20-22,28,38-40,48,55-56H,9-10,14,16-19,23-26H2,1-8H3/t28-,38+,39-,40-,43+,44-,45-,46+,47+/m1/s1. The van der Waals surface area contributed by atoms with Crippen LogP contribution in [-0.4, -0.2) is 140 Å². The van der Waals surface area contributed by atoms with Gasteiger partial charge in [-0.15, -0.1) is 0 Å². The largest absolute Gasteiger partial charge is 0.496 e. The Bertz CT molecular complexity index is 2360. The minimum atomic E-state index is -2.31. The highest BCUT2D eigenvalue weighted by molar-refractivity contribution is 8.76. The Morgan fingerprint density at radius 2 is 1.74 bits per heavy atom. The van der Waals surface area contributed by atoms with Gasteiger partial charge in [0.1, 0.15) is 11.2 Å². The number of hydrogen-bond donors (Lipinski definition) is 3. The molecule has 13 nitrogen and oxygen atoms in total. The van der Waals surface area contributed by atoms with Crippen LogP contribution in [0.5, 0.6) is 5.75 Å². The number of nitrogens with zero attached hydrogens (tertiary/aromatic N) is 3. The molecule has 10 atom stereocenters. The Morgan fingerprint density at radius 3 is 2.42 bits per heavy atom. The van der Waals surface area contributed by atoms with E-state index in [1.54, 1.807) is 28.7 Å². The molecule has 2 saturated heterocycles. The Balaban J connectivity index is 1.37. The second kappa shape index (κ2) is 15.5. The monoisotopic (exact) mass is 888 g/mol. The summed E-state index contributed by atoms with van der Waals surface area (Å²) in [6.45, 7) is 8.61. The summed E-state index contributed by atoms with van der Waals surface area (Å²) >= 11 is 0. The second-order valence-electron chi connectivity index (χ2n) is 18.6. The van der Waals surface area contributed by atoms with E-state index in [2.05, 4.69) is 57.5 Å². The summed E-state index contributed by atoms with van der Waals surface area (Å²) in [4.78, 5) is 54.6. The molecule has 15 heteroatoms. The van der Waals surface area contributed by atoms with Gasteiger partial charge in [-0.3, -0.25) is 19.4 Å². The van der Waals surface area contributed by atoms with Crippen molar-refractivity contribution in [2.24, 2.45) is 11.3 Å². The number of ether oxygens (including phenoxy) is 4. The van der Waals surface area contributed by atoms with Crippen LogP contribution in [0.4, 0.5) is 5.69 Å². The van der Waals surface area contributed by atoms with Crippen molar-refractivity contribution >= 4 is 56.1 Å². The van der Waals surface area contributed by atoms with E-state index in [-0.39, 0.29) is 12.0 Å². The number of benzene rings is 2. The first-order valence-electron chi connectivity index (χ1n) is 21.9. The Hall–Kier alpha value is -3.73. The van der Waals surface area contributed by atoms with E-state index in [0.29, 0.717) is 82.6 Å². The van der Waals surface area contributed by atoms with Gasteiger partial charge in [-0.1, -0.05) is 47.6 Å². The van der Waals surface area contributed by atoms with Crippen LogP contribution in [-0.2, 0) is 45.8 Å². The molecule has 0 radical (unpaired) electrons. The molecular formula is C47H60N4O9S2. The molecule has 3 fully saturated rings. The lowest BCUT2D eigenvalue weighted by Crippen LogP contribution is -2.81. The van der Waals surface area contributed by atoms with Crippen LogP contribution in [0.15, 0.2) is 47.4 Å². The molecule has 62 heavy (non-hydrogen) atoms. The lowest BCUT2D eigenvalue weighted by atomic mass is 9.47. The van der Waals surface area contributed by atoms with Gasteiger partial charge in [-0.2, -0.15) is 0 Å². The van der Waals surface area contributed by atoms with Crippen molar-refractivity contribution in [1.29, 1.82) is 0 Å². The zero-order valence-corrected chi connectivity index (χ0v) is 38.7. The summed E-state index contributed by atoms with van der Waals surface area (Å²) in [6.07, 6.45) is 7.97. The minimum Gasteiger partial charge on any atom is -0.496 e. The van der Waals surface area contributed by atoms with Gasteiger partial charge in [0, 0.05) is 95.8 Å². The van der Waals surface area contributed by atoms with Crippen LogP contribution in [0.25, 0.3) is 10.9 Å². The highest BCUT2D eigenvalue weighted by atomic mass is 33.1. The maximum absolute atomic E-state index is 15.5. The number of carbonyl (C=O) groups is 3. The van der Waals surface area contributed by atoms with E-state index in [0.717, 1.165) is 38.3 Å². The van der Waals surface area contributed by atoms with Crippen molar-refractivity contribution in [2.45, 2.75) is 104 Å². The molecule has 1 spiro atoms. The number of hydrogen-bond acceptors (Lipinski definition) is 14. The van der Waals surface area contributed by atoms with Gasteiger partial charge in [0.2, 0.25) is 5.60 Å². The highest BCUT2D eigenvalue weighted by Crippen LogP contribution is 2.68.